The lowest BCUT2D eigenvalue weighted by Gasteiger charge is -2.24. The van der Waals surface area contributed by atoms with Crippen LogP contribution in [0.1, 0.15) is 25.7 Å². The van der Waals surface area contributed by atoms with Crippen molar-refractivity contribution in [3.63, 3.8) is 0 Å². The number of ether oxygens (including phenoxy) is 1. The van der Waals surface area contributed by atoms with E-state index in [0.29, 0.717) is 23.0 Å². The molecule has 0 aromatic heterocycles. The van der Waals surface area contributed by atoms with Gasteiger partial charge in [0.25, 0.3) is 0 Å². The number of rotatable bonds is 6. The van der Waals surface area contributed by atoms with Gasteiger partial charge in [0, 0.05) is 12.3 Å². The summed E-state index contributed by atoms with van der Waals surface area (Å²) in [6, 6.07) is 5.00. The lowest BCUT2D eigenvalue weighted by molar-refractivity contribution is -0.120. The minimum Gasteiger partial charge on any atom is -0.397 e. The summed E-state index contributed by atoms with van der Waals surface area (Å²) in [5.41, 5.74) is 6.74. The number of nitrogens with one attached hydrogen (secondary N) is 1. The molecule has 2 rings (SSSR count). The first kappa shape index (κ1) is 14.2. The van der Waals surface area contributed by atoms with Gasteiger partial charge < -0.3 is 15.8 Å². The molecule has 1 amide bonds. The summed E-state index contributed by atoms with van der Waals surface area (Å²) in [5.74, 6) is 0.634. The topological polar surface area (TPSA) is 64.3 Å². The standard InChI is InChI=1S/C14H19ClN2O2/c15-12-5-4-11(8-13(12)16)17-14(18)9-19-7-6-10-2-1-3-10/h4-5,8,10H,1-3,6-7,9,16H2,(H,17,18). The highest BCUT2D eigenvalue weighted by Gasteiger charge is 2.16. The van der Waals surface area contributed by atoms with E-state index in [1.807, 2.05) is 0 Å². The Labute approximate surface area is 118 Å². The van der Waals surface area contributed by atoms with Gasteiger partial charge in [-0.05, 0) is 30.5 Å². The van der Waals surface area contributed by atoms with Crippen molar-refractivity contribution in [1.29, 1.82) is 0 Å². The van der Waals surface area contributed by atoms with Crippen LogP contribution in [0, 0.1) is 5.92 Å². The molecule has 1 fully saturated rings. The maximum atomic E-state index is 11.6. The zero-order chi connectivity index (χ0) is 13.7. The van der Waals surface area contributed by atoms with Crippen LogP contribution in [-0.4, -0.2) is 19.1 Å². The molecule has 1 aromatic rings. The summed E-state index contributed by atoms with van der Waals surface area (Å²) >= 11 is 5.81. The number of carbonyl (C=O) groups is 1. The lowest BCUT2D eigenvalue weighted by atomic mass is 9.83. The van der Waals surface area contributed by atoms with E-state index in [0.717, 1.165) is 12.3 Å². The van der Waals surface area contributed by atoms with Crippen LogP contribution in [0.3, 0.4) is 0 Å². The summed E-state index contributed by atoms with van der Waals surface area (Å²) < 4.78 is 5.36. The third-order valence-electron chi connectivity index (χ3n) is 3.41. The third-order valence-corrected chi connectivity index (χ3v) is 3.75. The average molecular weight is 283 g/mol. The molecule has 0 saturated heterocycles. The zero-order valence-corrected chi connectivity index (χ0v) is 11.6. The summed E-state index contributed by atoms with van der Waals surface area (Å²) in [6.07, 6.45) is 5.00. The van der Waals surface area contributed by atoms with Crippen molar-refractivity contribution in [2.75, 3.05) is 24.3 Å². The fraction of sp³-hybridized carbons (Fsp3) is 0.500. The Hall–Kier alpha value is -1.26. The van der Waals surface area contributed by atoms with Crippen molar-refractivity contribution in [3.8, 4) is 0 Å². The molecule has 0 aliphatic heterocycles. The molecular formula is C14H19ClN2O2. The van der Waals surface area contributed by atoms with Gasteiger partial charge in [-0.2, -0.15) is 0 Å². The second kappa shape index (κ2) is 6.78. The maximum absolute atomic E-state index is 11.6. The van der Waals surface area contributed by atoms with Crippen molar-refractivity contribution >= 4 is 28.9 Å². The summed E-state index contributed by atoms with van der Waals surface area (Å²) in [4.78, 5) is 11.6. The molecule has 0 unspecified atom stereocenters. The molecule has 0 spiro atoms. The number of hydrogen-bond acceptors (Lipinski definition) is 3. The fourth-order valence-electron chi connectivity index (χ4n) is 2.01. The number of nitrogen functional groups attached to an aromatic ring is 1. The molecule has 0 radical (unpaired) electrons. The molecule has 0 atom stereocenters. The molecule has 0 heterocycles. The zero-order valence-electron chi connectivity index (χ0n) is 10.8. The number of carbonyl (C=O) groups excluding carboxylic acids is 1. The maximum Gasteiger partial charge on any atom is 0.250 e. The van der Waals surface area contributed by atoms with Crippen molar-refractivity contribution in [1.82, 2.24) is 0 Å². The van der Waals surface area contributed by atoms with E-state index in [1.165, 1.54) is 19.3 Å². The monoisotopic (exact) mass is 282 g/mol. The predicted octanol–water partition coefficient (Wildman–Crippen LogP) is 3.07. The molecule has 4 nitrogen and oxygen atoms in total. The Morgan fingerprint density at radius 1 is 1.47 bits per heavy atom. The molecule has 19 heavy (non-hydrogen) atoms. The Morgan fingerprint density at radius 2 is 2.26 bits per heavy atom. The van der Waals surface area contributed by atoms with Gasteiger partial charge >= 0.3 is 0 Å². The van der Waals surface area contributed by atoms with Gasteiger partial charge in [-0.1, -0.05) is 30.9 Å². The Kier molecular flexibility index (Phi) is 5.05. The van der Waals surface area contributed by atoms with Crippen LogP contribution in [0.4, 0.5) is 11.4 Å². The highest BCUT2D eigenvalue weighted by Crippen LogP contribution is 2.29. The van der Waals surface area contributed by atoms with Crippen LogP contribution in [0.15, 0.2) is 18.2 Å². The van der Waals surface area contributed by atoms with Gasteiger partial charge in [-0.25, -0.2) is 0 Å². The summed E-state index contributed by atoms with van der Waals surface area (Å²) in [5, 5.41) is 3.20. The van der Waals surface area contributed by atoms with E-state index in [9.17, 15) is 4.79 Å². The van der Waals surface area contributed by atoms with Gasteiger partial charge in [-0.15, -0.1) is 0 Å². The number of amides is 1. The van der Waals surface area contributed by atoms with E-state index in [-0.39, 0.29) is 12.5 Å². The van der Waals surface area contributed by atoms with Crippen molar-refractivity contribution in [3.05, 3.63) is 23.2 Å². The quantitative estimate of drug-likeness (QED) is 0.622. The largest absolute Gasteiger partial charge is 0.397 e. The highest BCUT2D eigenvalue weighted by molar-refractivity contribution is 6.33. The molecular weight excluding hydrogens is 264 g/mol. The Bertz CT molecular complexity index is 447. The summed E-state index contributed by atoms with van der Waals surface area (Å²) in [7, 11) is 0. The van der Waals surface area contributed by atoms with Crippen molar-refractivity contribution < 1.29 is 9.53 Å². The molecule has 1 saturated carbocycles. The molecule has 1 aromatic carbocycles. The van der Waals surface area contributed by atoms with Gasteiger partial charge in [0.1, 0.15) is 6.61 Å². The second-order valence-corrected chi connectivity index (χ2v) is 5.33. The number of benzene rings is 1. The van der Waals surface area contributed by atoms with Gasteiger partial charge in [-0.3, -0.25) is 4.79 Å². The number of hydrogen-bond donors (Lipinski definition) is 2. The average Bonchev–Trinajstić information content (AvgIpc) is 2.31. The summed E-state index contributed by atoms with van der Waals surface area (Å²) in [6.45, 7) is 0.732. The molecule has 104 valence electrons. The van der Waals surface area contributed by atoms with Gasteiger partial charge in [0.2, 0.25) is 5.91 Å². The van der Waals surface area contributed by atoms with E-state index in [4.69, 9.17) is 22.1 Å². The first-order valence-corrected chi connectivity index (χ1v) is 6.95. The minimum absolute atomic E-state index is 0.0786. The van der Waals surface area contributed by atoms with E-state index < -0.39 is 0 Å². The van der Waals surface area contributed by atoms with Crippen molar-refractivity contribution in [2.45, 2.75) is 25.7 Å². The van der Waals surface area contributed by atoms with Crippen LogP contribution in [0.2, 0.25) is 5.02 Å². The smallest absolute Gasteiger partial charge is 0.250 e. The van der Waals surface area contributed by atoms with E-state index in [2.05, 4.69) is 5.32 Å². The molecule has 3 N–H and O–H groups in total. The minimum atomic E-state index is -0.171. The van der Waals surface area contributed by atoms with Crippen LogP contribution in [0.5, 0.6) is 0 Å². The van der Waals surface area contributed by atoms with Crippen LogP contribution in [0.25, 0.3) is 0 Å². The SMILES string of the molecule is Nc1cc(NC(=O)COCCC2CCC2)ccc1Cl. The van der Waals surface area contributed by atoms with Crippen molar-refractivity contribution in [2.24, 2.45) is 5.92 Å². The Morgan fingerprint density at radius 3 is 2.89 bits per heavy atom. The lowest BCUT2D eigenvalue weighted by Crippen LogP contribution is -2.20. The third kappa shape index (κ3) is 4.40. The number of nitrogens with two attached hydrogens (primary N) is 1. The Balaban J connectivity index is 1.66. The molecule has 0 bridgehead atoms. The predicted molar refractivity (Wildman–Crippen MR) is 77.3 cm³/mol. The van der Waals surface area contributed by atoms with Gasteiger partial charge in [0.15, 0.2) is 0 Å². The van der Waals surface area contributed by atoms with Gasteiger partial charge in [0.05, 0.1) is 10.7 Å². The molecule has 1 aliphatic rings. The number of anilines is 2. The fourth-order valence-corrected chi connectivity index (χ4v) is 2.13. The van der Waals surface area contributed by atoms with Crippen LogP contribution < -0.4 is 11.1 Å². The first-order chi connectivity index (χ1) is 9.15. The molecule has 5 heteroatoms. The van der Waals surface area contributed by atoms with E-state index >= 15 is 0 Å². The van der Waals surface area contributed by atoms with Crippen LogP contribution >= 0.6 is 11.6 Å². The van der Waals surface area contributed by atoms with Crippen LogP contribution in [-0.2, 0) is 9.53 Å². The van der Waals surface area contributed by atoms with E-state index in [1.54, 1.807) is 18.2 Å². The second-order valence-electron chi connectivity index (χ2n) is 4.92. The first-order valence-electron chi connectivity index (χ1n) is 6.58. The molecule has 1 aliphatic carbocycles. The number of halogens is 1. The normalized spacial score (nSPS) is 15.0. The highest BCUT2D eigenvalue weighted by atomic mass is 35.5.